The minimum Gasteiger partial charge on any atom is -0.480 e. The Labute approximate surface area is 133 Å². The zero-order valence-electron chi connectivity index (χ0n) is 14.7. The molecule has 0 saturated carbocycles. The third-order valence-electron chi connectivity index (χ3n) is 3.07. The lowest BCUT2D eigenvalue weighted by Gasteiger charge is -2.22. The topological polar surface area (TPSA) is 68.2 Å². The van der Waals surface area contributed by atoms with Gasteiger partial charge < -0.3 is 15.4 Å². The zero-order chi connectivity index (χ0) is 17.3. The smallest absolute Gasteiger partial charge is 0.317 e. The summed E-state index contributed by atoms with van der Waals surface area (Å²) in [4.78, 5) is 9.24. The molecule has 1 heterocycles. The van der Waals surface area contributed by atoms with Crippen molar-refractivity contribution in [1.29, 1.82) is 0 Å². The lowest BCUT2D eigenvalue weighted by molar-refractivity contribution is -0.135. The number of aromatic nitrogens is 1. The fourth-order valence-corrected chi connectivity index (χ4v) is 2.09. The lowest BCUT2D eigenvalue weighted by Crippen LogP contribution is -2.20. The molecule has 2 rings (SSSR count). The molecule has 0 bridgehead atoms. The maximum Gasteiger partial charge on any atom is 0.317 e. The van der Waals surface area contributed by atoms with E-state index in [9.17, 15) is 4.79 Å². The number of rotatable bonds is 2. The fourth-order valence-electron chi connectivity index (χ4n) is 2.09. The number of benzene rings is 1. The van der Waals surface area contributed by atoms with Gasteiger partial charge in [0.2, 0.25) is 0 Å². The van der Waals surface area contributed by atoms with Crippen LogP contribution in [0.15, 0.2) is 30.5 Å². The van der Waals surface area contributed by atoms with Crippen molar-refractivity contribution in [1.82, 2.24) is 4.57 Å². The molecule has 4 nitrogen and oxygen atoms in total. The highest BCUT2D eigenvalue weighted by atomic mass is 16.4. The van der Waals surface area contributed by atoms with Crippen LogP contribution in [0.2, 0.25) is 0 Å². The van der Waals surface area contributed by atoms with Crippen LogP contribution in [0.1, 0.15) is 47.1 Å². The summed E-state index contributed by atoms with van der Waals surface area (Å²) in [6.45, 7) is 12.7. The van der Waals surface area contributed by atoms with Gasteiger partial charge in [-0.05, 0) is 38.8 Å². The number of aryl methyl sites for hydroxylation is 1. The molecule has 3 N–H and O–H groups in total. The van der Waals surface area contributed by atoms with Gasteiger partial charge in [0.05, 0.1) is 6.54 Å². The Kier molecular flexibility index (Phi) is 8.50. The Bertz CT molecular complexity index is 580. The van der Waals surface area contributed by atoms with Gasteiger partial charge in [0.1, 0.15) is 0 Å². The maximum atomic E-state index is 9.24. The zero-order valence-corrected chi connectivity index (χ0v) is 14.7. The number of hydrogen-bond acceptors (Lipinski definition) is 2. The van der Waals surface area contributed by atoms with Gasteiger partial charge in [-0.1, -0.05) is 39.0 Å². The first kappa shape index (κ1) is 20.2. The predicted octanol–water partition coefficient (Wildman–Crippen LogP) is 4.01. The quantitative estimate of drug-likeness (QED) is 0.880. The van der Waals surface area contributed by atoms with Gasteiger partial charge in [0.15, 0.2) is 0 Å². The number of nitrogens with zero attached hydrogens (tertiary/aromatic N) is 1. The van der Waals surface area contributed by atoms with Gasteiger partial charge in [-0.2, -0.15) is 0 Å². The second kappa shape index (κ2) is 9.26. The molecule has 0 atom stereocenters. The van der Waals surface area contributed by atoms with Crippen molar-refractivity contribution < 1.29 is 9.90 Å². The van der Waals surface area contributed by atoms with E-state index in [0.717, 1.165) is 6.42 Å². The van der Waals surface area contributed by atoms with Crippen molar-refractivity contribution in [2.45, 2.75) is 53.5 Å². The molecule has 0 fully saturated rings. The first-order valence-electron chi connectivity index (χ1n) is 7.82. The van der Waals surface area contributed by atoms with Gasteiger partial charge in [0.25, 0.3) is 0 Å². The van der Waals surface area contributed by atoms with Gasteiger partial charge in [-0.25, -0.2) is 0 Å². The monoisotopic (exact) mass is 306 g/mol. The van der Waals surface area contributed by atoms with E-state index in [1.807, 2.05) is 13.8 Å². The van der Waals surface area contributed by atoms with E-state index in [0.29, 0.717) is 0 Å². The number of nitrogens with two attached hydrogens (primary N) is 1. The van der Waals surface area contributed by atoms with Crippen LogP contribution in [0.5, 0.6) is 0 Å². The molecule has 22 heavy (non-hydrogen) atoms. The third-order valence-corrected chi connectivity index (χ3v) is 3.07. The highest BCUT2D eigenvalue weighted by Gasteiger charge is 2.16. The first-order valence-corrected chi connectivity index (χ1v) is 7.82. The predicted molar refractivity (Wildman–Crippen MR) is 94.4 cm³/mol. The number of aliphatic carboxylic acids is 1. The molecule has 4 heteroatoms. The molecule has 0 saturated heterocycles. The highest BCUT2D eigenvalue weighted by Crippen LogP contribution is 2.27. The van der Waals surface area contributed by atoms with Crippen LogP contribution in [0, 0.1) is 0 Å². The normalized spacial score (nSPS) is 10.3. The molecule has 124 valence electrons. The maximum absolute atomic E-state index is 9.24. The Morgan fingerprint density at radius 1 is 1.23 bits per heavy atom. The molecule has 0 aliphatic rings. The Morgan fingerprint density at radius 2 is 1.73 bits per heavy atom. The van der Waals surface area contributed by atoms with Crippen molar-refractivity contribution >= 4 is 16.9 Å². The molecular weight excluding hydrogens is 276 g/mol. The minimum atomic E-state index is -0.968. The summed E-state index contributed by atoms with van der Waals surface area (Å²) in [6, 6.07) is 8.66. The van der Waals surface area contributed by atoms with Crippen molar-refractivity contribution in [3.8, 4) is 0 Å². The second-order valence-electron chi connectivity index (χ2n) is 5.66. The van der Waals surface area contributed by atoms with Gasteiger partial charge in [-0.15, -0.1) is 0 Å². The highest BCUT2D eigenvalue weighted by molar-refractivity contribution is 5.84. The molecule has 0 radical (unpaired) electrons. The van der Waals surface area contributed by atoms with E-state index < -0.39 is 5.97 Å². The van der Waals surface area contributed by atoms with Crippen LogP contribution in [0.25, 0.3) is 10.9 Å². The van der Waals surface area contributed by atoms with E-state index >= 15 is 0 Å². The van der Waals surface area contributed by atoms with Crippen LogP contribution >= 0.6 is 0 Å². The van der Waals surface area contributed by atoms with Crippen molar-refractivity contribution in [3.05, 3.63) is 36.0 Å². The summed E-state index contributed by atoms with van der Waals surface area (Å²) in [5.74, 6) is -0.968. The van der Waals surface area contributed by atoms with E-state index in [4.69, 9.17) is 5.11 Å². The van der Waals surface area contributed by atoms with Crippen molar-refractivity contribution in [3.63, 3.8) is 0 Å². The molecule has 2 aromatic rings. The average Bonchev–Trinajstić information content (AvgIpc) is 2.89. The van der Waals surface area contributed by atoms with Crippen molar-refractivity contribution in [2.24, 2.45) is 5.73 Å². The molecule has 1 aromatic heterocycles. The largest absolute Gasteiger partial charge is 0.480 e. The van der Waals surface area contributed by atoms with Crippen LogP contribution in [-0.4, -0.2) is 22.2 Å². The number of carboxylic acids is 1. The first-order chi connectivity index (χ1) is 10.3. The Hall–Kier alpha value is -1.81. The number of fused-ring (bicyclic) bond motifs is 1. The van der Waals surface area contributed by atoms with Crippen LogP contribution < -0.4 is 5.73 Å². The van der Waals surface area contributed by atoms with Gasteiger partial charge >= 0.3 is 5.97 Å². The van der Waals surface area contributed by atoms with E-state index in [2.05, 4.69) is 68.5 Å². The van der Waals surface area contributed by atoms with E-state index in [-0.39, 0.29) is 12.1 Å². The molecular formula is C18H30N2O2. The SMILES string of the molecule is CC.CCc1cn(C(C)(C)C)c2ccccc12.NCC(=O)O. The van der Waals surface area contributed by atoms with Crippen LogP contribution in [0.3, 0.4) is 0 Å². The summed E-state index contributed by atoms with van der Waals surface area (Å²) in [5.41, 5.74) is 7.53. The number of carbonyl (C=O) groups is 1. The second-order valence-corrected chi connectivity index (χ2v) is 5.66. The third kappa shape index (κ3) is 5.53. The van der Waals surface area contributed by atoms with Crippen LogP contribution in [0.4, 0.5) is 0 Å². The van der Waals surface area contributed by atoms with E-state index in [1.54, 1.807) is 0 Å². The molecule has 0 spiro atoms. The van der Waals surface area contributed by atoms with Crippen molar-refractivity contribution in [2.75, 3.05) is 6.54 Å². The molecule has 0 amide bonds. The van der Waals surface area contributed by atoms with Crippen LogP contribution in [-0.2, 0) is 16.8 Å². The minimum absolute atomic E-state index is 0.160. The standard InChI is InChI=1S/C14H19N.C2H5NO2.C2H6/c1-5-11-10-15(14(2,3)4)13-9-7-6-8-12(11)13;3-1-2(4)5;1-2/h6-10H,5H2,1-4H3;1,3H2,(H,4,5);1-2H3. The average molecular weight is 306 g/mol. The van der Waals surface area contributed by atoms with Gasteiger partial charge in [-0.3, -0.25) is 4.79 Å². The summed E-state index contributed by atoms with van der Waals surface area (Å²) < 4.78 is 2.38. The lowest BCUT2D eigenvalue weighted by atomic mass is 10.1. The number of carboxylic acid groups (broad SMARTS) is 1. The fraction of sp³-hybridized carbons (Fsp3) is 0.500. The summed E-state index contributed by atoms with van der Waals surface area (Å²) in [6.07, 6.45) is 3.40. The Morgan fingerprint density at radius 3 is 2.14 bits per heavy atom. The molecule has 0 aliphatic carbocycles. The molecule has 1 aromatic carbocycles. The Balaban J connectivity index is 0.000000540. The summed E-state index contributed by atoms with van der Waals surface area (Å²) in [5, 5.41) is 9.00. The number of hydrogen-bond donors (Lipinski definition) is 2. The molecule has 0 unspecified atom stereocenters. The van der Waals surface area contributed by atoms with E-state index in [1.165, 1.54) is 16.5 Å². The van der Waals surface area contributed by atoms with Gasteiger partial charge in [0, 0.05) is 22.6 Å². The molecule has 0 aliphatic heterocycles. The number of para-hydroxylation sites is 1. The summed E-state index contributed by atoms with van der Waals surface area (Å²) >= 11 is 0. The summed E-state index contributed by atoms with van der Waals surface area (Å²) in [7, 11) is 0.